The minimum atomic E-state index is -0.0727. The Morgan fingerprint density at radius 1 is 1.40 bits per heavy atom. The summed E-state index contributed by atoms with van der Waals surface area (Å²) in [6.07, 6.45) is 2.37. The lowest BCUT2D eigenvalue weighted by Gasteiger charge is -2.21. The number of carbonyl (C=O) groups is 1. The molecule has 3 N–H and O–H groups in total. The Hall–Kier alpha value is -1.36. The van der Waals surface area contributed by atoms with Crippen LogP contribution in [0.5, 0.6) is 5.75 Å². The molecule has 5 heteroatoms. The Labute approximate surface area is 124 Å². The SMILES string of the molecule is CCOc1cc(N)cc(C(=O)NCC2CCSCC2)c1. The van der Waals surface area contributed by atoms with Gasteiger partial charge in [0.1, 0.15) is 5.75 Å². The molecule has 1 aromatic carbocycles. The van der Waals surface area contributed by atoms with Crippen LogP contribution >= 0.6 is 11.8 Å². The quantitative estimate of drug-likeness (QED) is 0.819. The molecule has 1 aliphatic rings. The van der Waals surface area contributed by atoms with Gasteiger partial charge in [0.15, 0.2) is 0 Å². The summed E-state index contributed by atoms with van der Waals surface area (Å²) in [5.41, 5.74) is 6.92. The van der Waals surface area contributed by atoms with Gasteiger partial charge in [-0.05, 0) is 49.3 Å². The molecule has 2 rings (SSSR count). The van der Waals surface area contributed by atoms with Crippen molar-refractivity contribution in [1.82, 2.24) is 5.32 Å². The van der Waals surface area contributed by atoms with E-state index in [-0.39, 0.29) is 5.91 Å². The van der Waals surface area contributed by atoms with Crippen molar-refractivity contribution in [1.29, 1.82) is 0 Å². The van der Waals surface area contributed by atoms with E-state index >= 15 is 0 Å². The Kier molecular flexibility index (Phi) is 5.59. The summed E-state index contributed by atoms with van der Waals surface area (Å²) in [5.74, 6) is 3.58. The molecule has 1 heterocycles. The zero-order valence-corrected chi connectivity index (χ0v) is 12.7. The minimum absolute atomic E-state index is 0.0727. The second-order valence-electron chi connectivity index (χ2n) is 4.99. The van der Waals surface area contributed by atoms with Gasteiger partial charge < -0.3 is 15.8 Å². The number of benzene rings is 1. The third-order valence-electron chi connectivity index (χ3n) is 3.39. The predicted molar refractivity (Wildman–Crippen MR) is 84.4 cm³/mol. The number of ether oxygens (including phenoxy) is 1. The highest BCUT2D eigenvalue weighted by atomic mass is 32.2. The minimum Gasteiger partial charge on any atom is -0.494 e. The summed E-state index contributed by atoms with van der Waals surface area (Å²) in [6, 6.07) is 5.17. The molecule has 1 aromatic rings. The highest BCUT2D eigenvalue weighted by Gasteiger charge is 2.15. The van der Waals surface area contributed by atoms with Gasteiger partial charge in [0.2, 0.25) is 0 Å². The van der Waals surface area contributed by atoms with Crippen molar-refractivity contribution >= 4 is 23.4 Å². The fourth-order valence-corrected chi connectivity index (χ4v) is 3.50. The molecule has 0 radical (unpaired) electrons. The lowest BCUT2D eigenvalue weighted by Crippen LogP contribution is -2.31. The van der Waals surface area contributed by atoms with Gasteiger partial charge >= 0.3 is 0 Å². The van der Waals surface area contributed by atoms with Crippen LogP contribution in [0, 0.1) is 5.92 Å². The molecule has 1 saturated heterocycles. The van der Waals surface area contributed by atoms with Crippen LogP contribution in [0.15, 0.2) is 18.2 Å². The van der Waals surface area contributed by atoms with Crippen LogP contribution in [0.2, 0.25) is 0 Å². The molecule has 0 bridgehead atoms. The molecule has 0 saturated carbocycles. The standard InChI is InChI=1S/C15H22N2O2S/c1-2-19-14-8-12(7-13(16)9-14)15(18)17-10-11-3-5-20-6-4-11/h7-9,11H,2-6,10,16H2,1H3,(H,17,18). The first-order chi connectivity index (χ1) is 9.69. The second-order valence-corrected chi connectivity index (χ2v) is 6.21. The van der Waals surface area contributed by atoms with Crippen molar-refractivity contribution < 1.29 is 9.53 Å². The van der Waals surface area contributed by atoms with Crippen molar-refractivity contribution in [3.05, 3.63) is 23.8 Å². The third-order valence-corrected chi connectivity index (χ3v) is 4.44. The highest BCUT2D eigenvalue weighted by molar-refractivity contribution is 7.99. The number of nitrogen functional groups attached to an aromatic ring is 1. The molecule has 110 valence electrons. The van der Waals surface area contributed by atoms with E-state index in [0.717, 1.165) is 6.54 Å². The van der Waals surface area contributed by atoms with Crippen molar-refractivity contribution in [3.8, 4) is 5.75 Å². The number of hydrogen-bond acceptors (Lipinski definition) is 4. The van der Waals surface area contributed by atoms with E-state index in [4.69, 9.17) is 10.5 Å². The van der Waals surface area contributed by atoms with Gasteiger partial charge in [0.05, 0.1) is 6.61 Å². The smallest absolute Gasteiger partial charge is 0.251 e. The predicted octanol–water partition coefficient (Wildman–Crippen LogP) is 2.54. The molecular formula is C15H22N2O2S. The normalized spacial score (nSPS) is 15.8. The van der Waals surface area contributed by atoms with E-state index in [1.54, 1.807) is 18.2 Å². The molecule has 0 atom stereocenters. The summed E-state index contributed by atoms with van der Waals surface area (Å²) in [4.78, 5) is 12.2. The topological polar surface area (TPSA) is 64.3 Å². The van der Waals surface area contributed by atoms with Crippen LogP contribution < -0.4 is 15.8 Å². The number of carbonyl (C=O) groups excluding carboxylic acids is 1. The summed E-state index contributed by atoms with van der Waals surface area (Å²) < 4.78 is 5.41. The lowest BCUT2D eigenvalue weighted by atomic mass is 10.0. The number of rotatable bonds is 5. The molecule has 0 aliphatic carbocycles. The maximum atomic E-state index is 12.2. The van der Waals surface area contributed by atoms with Crippen molar-refractivity contribution in [2.75, 3.05) is 30.4 Å². The molecular weight excluding hydrogens is 272 g/mol. The largest absolute Gasteiger partial charge is 0.494 e. The number of thioether (sulfide) groups is 1. The fraction of sp³-hybridized carbons (Fsp3) is 0.533. The highest BCUT2D eigenvalue weighted by Crippen LogP contribution is 2.22. The zero-order valence-electron chi connectivity index (χ0n) is 11.9. The van der Waals surface area contributed by atoms with Gasteiger partial charge in [0.25, 0.3) is 5.91 Å². The van der Waals surface area contributed by atoms with Gasteiger partial charge in [-0.1, -0.05) is 0 Å². The molecule has 20 heavy (non-hydrogen) atoms. The molecule has 4 nitrogen and oxygen atoms in total. The number of hydrogen-bond donors (Lipinski definition) is 2. The summed E-state index contributed by atoms with van der Waals surface area (Å²) in [5, 5.41) is 3.01. The second kappa shape index (κ2) is 7.43. The first kappa shape index (κ1) is 15.0. The Morgan fingerprint density at radius 3 is 2.85 bits per heavy atom. The van der Waals surface area contributed by atoms with Crippen LogP contribution in [-0.4, -0.2) is 30.6 Å². The van der Waals surface area contributed by atoms with E-state index < -0.39 is 0 Å². The average molecular weight is 294 g/mol. The van der Waals surface area contributed by atoms with Crippen molar-refractivity contribution in [2.24, 2.45) is 5.92 Å². The van der Waals surface area contributed by atoms with Crippen LogP contribution in [0.4, 0.5) is 5.69 Å². The molecule has 0 unspecified atom stereocenters. The van der Waals surface area contributed by atoms with Crippen LogP contribution in [0.3, 0.4) is 0 Å². The van der Waals surface area contributed by atoms with Crippen LogP contribution in [0.1, 0.15) is 30.1 Å². The van der Waals surface area contributed by atoms with E-state index in [2.05, 4.69) is 5.32 Å². The number of anilines is 1. The van der Waals surface area contributed by atoms with Crippen molar-refractivity contribution in [3.63, 3.8) is 0 Å². The Bertz CT molecular complexity index is 459. The van der Waals surface area contributed by atoms with E-state index in [1.807, 2.05) is 18.7 Å². The van der Waals surface area contributed by atoms with Gasteiger partial charge in [-0.25, -0.2) is 0 Å². The summed E-state index contributed by atoms with van der Waals surface area (Å²) >= 11 is 1.99. The zero-order chi connectivity index (χ0) is 14.4. The van der Waals surface area contributed by atoms with Gasteiger partial charge in [-0.2, -0.15) is 11.8 Å². The van der Waals surface area contributed by atoms with Gasteiger partial charge in [0, 0.05) is 23.9 Å². The maximum absolute atomic E-state index is 12.2. The van der Waals surface area contributed by atoms with E-state index in [1.165, 1.54) is 24.3 Å². The van der Waals surface area contributed by atoms with E-state index in [9.17, 15) is 4.79 Å². The molecule has 0 spiro atoms. The summed E-state index contributed by atoms with van der Waals surface area (Å²) in [7, 11) is 0. The summed E-state index contributed by atoms with van der Waals surface area (Å²) in [6.45, 7) is 3.21. The molecule has 0 aromatic heterocycles. The first-order valence-corrected chi connectivity index (χ1v) is 8.24. The fourth-order valence-electron chi connectivity index (χ4n) is 2.29. The van der Waals surface area contributed by atoms with Crippen LogP contribution in [-0.2, 0) is 0 Å². The van der Waals surface area contributed by atoms with Gasteiger partial charge in [-0.3, -0.25) is 4.79 Å². The average Bonchev–Trinajstić information content (AvgIpc) is 2.45. The lowest BCUT2D eigenvalue weighted by molar-refractivity contribution is 0.0946. The first-order valence-electron chi connectivity index (χ1n) is 7.08. The number of nitrogens with one attached hydrogen (secondary N) is 1. The monoisotopic (exact) mass is 294 g/mol. The third kappa shape index (κ3) is 4.34. The van der Waals surface area contributed by atoms with Crippen molar-refractivity contribution in [2.45, 2.75) is 19.8 Å². The molecule has 1 fully saturated rings. The maximum Gasteiger partial charge on any atom is 0.251 e. The molecule has 1 aliphatic heterocycles. The Balaban J connectivity index is 1.93. The number of nitrogens with two attached hydrogens (primary N) is 1. The van der Waals surface area contributed by atoms with Gasteiger partial charge in [-0.15, -0.1) is 0 Å². The number of amides is 1. The van der Waals surface area contributed by atoms with Crippen LogP contribution in [0.25, 0.3) is 0 Å². The molecule has 1 amide bonds. The Morgan fingerprint density at radius 2 is 2.15 bits per heavy atom. The van der Waals surface area contributed by atoms with E-state index in [0.29, 0.717) is 29.5 Å².